The van der Waals surface area contributed by atoms with E-state index >= 15 is 0 Å². The van der Waals surface area contributed by atoms with E-state index in [-0.39, 0.29) is 22.2 Å². The Morgan fingerprint density at radius 2 is 1.69 bits per heavy atom. The fraction of sp³-hybridized carbons (Fsp3) is 0.235. The number of hydrogen-bond donors (Lipinski definition) is 1. The number of benzene rings is 2. The smallest absolute Gasteiger partial charge is 0.248 e. The number of nitrogens with zero attached hydrogens (tertiary/aromatic N) is 1. The summed E-state index contributed by atoms with van der Waals surface area (Å²) in [5.74, 6) is -0.548. The van der Waals surface area contributed by atoms with E-state index in [0.717, 1.165) is 10.6 Å². The Labute approximate surface area is 167 Å². The number of para-hydroxylation sites is 1. The molecule has 2 aromatic carbocycles. The summed E-state index contributed by atoms with van der Waals surface area (Å²) in [6, 6.07) is 10.1. The van der Waals surface area contributed by atoms with E-state index in [4.69, 9.17) is 34.8 Å². The summed E-state index contributed by atoms with van der Waals surface area (Å²) in [5.41, 5.74) is 0.533. The first-order valence-electron chi connectivity index (χ1n) is 7.65. The molecule has 0 fully saturated rings. The second-order valence-corrected chi connectivity index (χ2v) is 8.66. The highest BCUT2D eigenvalue weighted by Crippen LogP contribution is 2.31. The molecule has 140 valence electrons. The monoisotopic (exact) mass is 434 g/mol. The first-order chi connectivity index (χ1) is 12.1. The van der Waals surface area contributed by atoms with Crippen LogP contribution < -0.4 is 9.62 Å². The number of rotatable bonds is 6. The van der Waals surface area contributed by atoms with Crippen molar-refractivity contribution < 1.29 is 13.2 Å². The van der Waals surface area contributed by atoms with Crippen molar-refractivity contribution in [3.63, 3.8) is 0 Å². The third-order valence-corrected chi connectivity index (χ3v) is 5.65. The van der Waals surface area contributed by atoms with Crippen LogP contribution in [0.15, 0.2) is 42.5 Å². The molecule has 0 aliphatic carbocycles. The summed E-state index contributed by atoms with van der Waals surface area (Å²) in [7, 11) is -3.76. The predicted molar refractivity (Wildman–Crippen MR) is 108 cm³/mol. The number of carbonyl (C=O) groups is 1. The average Bonchev–Trinajstić information content (AvgIpc) is 2.54. The predicted octanol–water partition coefficient (Wildman–Crippen LogP) is 4.83. The average molecular weight is 436 g/mol. The molecule has 0 aliphatic rings. The van der Waals surface area contributed by atoms with Crippen LogP contribution in [0.25, 0.3) is 0 Å². The molecule has 0 aromatic heterocycles. The molecule has 5 nitrogen and oxygen atoms in total. The molecule has 9 heteroatoms. The van der Waals surface area contributed by atoms with E-state index in [9.17, 15) is 13.2 Å². The number of carbonyl (C=O) groups excluding carboxylic acids is 1. The largest absolute Gasteiger partial charge is 0.322 e. The number of nitrogens with one attached hydrogen (secondary N) is 1. The molecule has 0 aliphatic heterocycles. The maximum atomic E-state index is 12.8. The molecule has 1 amide bonds. The van der Waals surface area contributed by atoms with Crippen LogP contribution >= 0.6 is 34.8 Å². The van der Waals surface area contributed by atoms with Gasteiger partial charge in [-0.1, -0.05) is 53.9 Å². The van der Waals surface area contributed by atoms with Crippen LogP contribution in [-0.2, 0) is 14.8 Å². The van der Waals surface area contributed by atoms with Gasteiger partial charge in [0.05, 0.1) is 27.7 Å². The zero-order valence-electron chi connectivity index (χ0n) is 14.0. The van der Waals surface area contributed by atoms with Gasteiger partial charge in [-0.2, -0.15) is 0 Å². The summed E-state index contributed by atoms with van der Waals surface area (Å²) in [5, 5.41) is 3.50. The molecule has 0 saturated heterocycles. The van der Waals surface area contributed by atoms with Gasteiger partial charge >= 0.3 is 0 Å². The standard InChI is InChI=1S/C17H17Cl3N2O3S/c1-3-15(17(23)21-16-13(19)8-5-9-14(16)20)22(26(2,24)25)12-7-4-6-11(18)10-12/h4-10,15H,3H2,1-2H3,(H,21,23)/t15-/m0/s1. The fourth-order valence-corrected chi connectivity index (χ4v) is 4.38. The summed E-state index contributed by atoms with van der Waals surface area (Å²) in [6.07, 6.45) is 1.26. The molecule has 0 bridgehead atoms. The van der Waals surface area contributed by atoms with Crippen molar-refractivity contribution in [1.29, 1.82) is 0 Å². The minimum atomic E-state index is -3.76. The lowest BCUT2D eigenvalue weighted by atomic mass is 10.2. The van der Waals surface area contributed by atoms with Crippen molar-refractivity contribution >= 4 is 62.1 Å². The van der Waals surface area contributed by atoms with Crippen LogP contribution in [0.5, 0.6) is 0 Å². The first kappa shape index (κ1) is 20.8. The third-order valence-electron chi connectivity index (χ3n) is 3.60. The van der Waals surface area contributed by atoms with Crippen LogP contribution in [0.3, 0.4) is 0 Å². The van der Waals surface area contributed by atoms with Gasteiger partial charge in [-0.3, -0.25) is 9.10 Å². The zero-order valence-corrected chi connectivity index (χ0v) is 17.1. The molecule has 1 N–H and O–H groups in total. The number of sulfonamides is 1. The van der Waals surface area contributed by atoms with Gasteiger partial charge in [0.1, 0.15) is 6.04 Å². The molecule has 0 saturated carbocycles. The third kappa shape index (κ3) is 4.82. The van der Waals surface area contributed by atoms with E-state index in [2.05, 4.69) is 5.32 Å². The summed E-state index contributed by atoms with van der Waals surface area (Å²) >= 11 is 18.1. The summed E-state index contributed by atoms with van der Waals surface area (Å²) in [6.45, 7) is 1.71. The number of hydrogen-bond acceptors (Lipinski definition) is 3. The van der Waals surface area contributed by atoms with Gasteiger partial charge in [-0.05, 0) is 36.8 Å². The molecule has 0 radical (unpaired) electrons. The number of amides is 1. The minimum absolute atomic E-state index is 0.230. The lowest BCUT2D eigenvalue weighted by Gasteiger charge is -2.30. The van der Waals surface area contributed by atoms with E-state index in [1.165, 1.54) is 6.07 Å². The highest BCUT2D eigenvalue weighted by molar-refractivity contribution is 7.92. The summed E-state index contributed by atoms with van der Waals surface area (Å²) in [4.78, 5) is 12.8. The molecule has 0 unspecified atom stereocenters. The second kappa shape index (κ2) is 8.48. The normalized spacial score (nSPS) is 12.5. The van der Waals surface area contributed by atoms with Gasteiger partial charge in [-0.25, -0.2) is 8.42 Å². The van der Waals surface area contributed by atoms with Crippen LogP contribution in [0.1, 0.15) is 13.3 Å². The lowest BCUT2D eigenvalue weighted by Crippen LogP contribution is -2.47. The minimum Gasteiger partial charge on any atom is -0.322 e. The van der Waals surface area contributed by atoms with E-state index in [0.29, 0.717) is 10.7 Å². The van der Waals surface area contributed by atoms with Gasteiger partial charge < -0.3 is 5.32 Å². The molecule has 0 spiro atoms. The maximum Gasteiger partial charge on any atom is 0.248 e. The molecular formula is C17H17Cl3N2O3S. The molecule has 2 aromatic rings. The van der Waals surface area contributed by atoms with Crippen molar-refractivity contribution in [3.05, 3.63) is 57.5 Å². The highest BCUT2D eigenvalue weighted by Gasteiger charge is 2.32. The second-order valence-electron chi connectivity index (χ2n) is 5.55. The fourth-order valence-electron chi connectivity index (χ4n) is 2.50. The number of halogens is 3. The Morgan fingerprint density at radius 3 is 2.19 bits per heavy atom. The van der Waals surface area contributed by atoms with Crippen molar-refractivity contribution in [2.24, 2.45) is 0 Å². The van der Waals surface area contributed by atoms with Crippen molar-refractivity contribution in [2.75, 3.05) is 15.9 Å². The van der Waals surface area contributed by atoms with E-state index in [1.54, 1.807) is 43.3 Å². The van der Waals surface area contributed by atoms with Crippen LogP contribution in [0.4, 0.5) is 11.4 Å². The first-order valence-corrected chi connectivity index (χ1v) is 10.6. The number of anilines is 2. The summed E-state index contributed by atoms with van der Waals surface area (Å²) < 4.78 is 25.8. The van der Waals surface area contributed by atoms with Crippen molar-refractivity contribution in [3.8, 4) is 0 Å². The Bertz CT molecular complexity index is 899. The van der Waals surface area contributed by atoms with Gasteiger partial charge in [-0.15, -0.1) is 0 Å². The SMILES string of the molecule is CC[C@@H](C(=O)Nc1c(Cl)cccc1Cl)N(c1cccc(Cl)c1)S(C)(=O)=O. The van der Waals surface area contributed by atoms with Gasteiger partial charge in [0.25, 0.3) is 0 Å². The maximum absolute atomic E-state index is 12.8. The quantitative estimate of drug-likeness (QED) is 0.706. The van der Waals surface area contributed by atoms with Crippen molar-refractivity contribution in [2.45, 2.75) is 19.4 Å². The topological polar surface area (TPSA) is 66.5 Å². The van der Waals surface area contributed by atoms with Gasteiger partial charge in [0.2, 0.25) is 15.9 Å². The zero-order chi connectivity index (χ0) is 19.5. The van der Waals surface area contributed by atoms with Gasteiger partial charge in [0.15, 0.2) is 0 Å². The Morgan fingerprint density at radius 1 is 1.12 bits per heavy atom. The molecule has 0 heterocycles. The molecule has 2 rings (SSSR count). The molecule has 26 heavy (non-hydrogen) atoms. The molecule has 1 atom stereocenters. The lowest BCUT2D eigenvalue weighted by molar-refractivity contribution is -0.117. The Hall–Kier alpha value is -1.47. The highest BCUT2D eigenvalue weighted by atomic mass is 35.5. The van der Waals surface area contributed by atoms with E-state index in [1.807, 2.05) is 0 Å². The van der Waals surface area contributed by atoms with Crippen LogP contribution in [0, 0.1) is 0 Å². The van der Waals surface area contributed by atoms with Crippen LogP contribution in [0.2, 0.25) is 15.1 Å². The van der Waals surface area contributed by atoms with E-state index < -0.39 is 22.0 Å². The van der Waals surface area contributed by atoms with Crippen molar-refractivity contribution in [1.82, 2.24) is 0 Å². The Kier molecular flexibility index (Phi) is 6.80. The van der Waals surface area contributed by atoms with Crippen LogP contribution in [-0.4, -0.2) is 26.6 Å². The van der Waals surface area contributed by atoms with Gasteiger partial charge in [0, 0.05) is 5.02 Å². The molecular weight excluding hydrogens is 419 g/mol. The Balaban J connectivity index is 2.43.